The van der Waals surface area contributed by atoms with Gasteiger partial charge in [-0.2, -0.15) is 0 Å². The van der Waals surface area contributed by atoms with Crippen molar-refractivity contribution in [2.24, 2.45) is 11.8 Å². The van der Waals surface area contributed by atoms with Gasteiger partial charge >= 0.3 is 5.97 Å². The Morgan fingerprint density at radius 1 is 1.38 bits per heavy atom. The van der Waals surface area contributed by atoms with Gasteiger partial charge in [0, 0.05) is 17.4 Å². The van der Waals surface area contributed by atoms with Crippen LogP contribution in [0.1, 0.15) is 25.3 Å². The van der Waals surface area contributed by atoms with Crippen LogP contribution in [0.4, 0.5) is 0 Å². The maximum Gasteiger partial charge on any atom is 0.317 e. The summed E-state index contributed by atoms with van der Waals surface area (Å²) in [7, 11) is 0. The van der Waals surface area contributed by atoms with E-state index >= 15 is 0 Å². The van der Waals surface area contributed by atoms with E-state index in [1.165, 1.54) is 6.08 Å². The Morgan fingerprint density at radius 3 is 2.54 bits per heavy atom. The van der Waals surface area contributed by atoms with Gasteiger partial charge in [0.2, 0.25) is 0 Å². The summed E-state index contributed by atoms with van der Waals surface area (Å²) in [5.41, 5.74) is -0.874. The molecule has 7 heteroatoms. The van der Waals surface area contributed by atoms with Crippen LogP contribution in [0.25, 0.3) is 0 Å². The number of carbonyl (C=O) groups is 2. The Labute approximate surface area is 155 Å². The molecule has 0 unspecified atom stereocenters. The van der Waals surface area contributed by atoms with E-state index in [1.54, 1.807) is 31.2 Å². The molecule has 0 amide bonds. The predicted octanol–water partition coefficient (Wildman–Crippen LogP) is 4.01. The van der Waals surface area contributed by atoms with Crippen LogP contribution in [0.5, 0.6) is 0 Å². The first-order chi connectivity index (χ1) is 11.3. The molecule has 1 fully saturated rings. The quantitative estimate of drug-likeness (QED) is 0.622. The van der Waals surface area contributed by atoms with Gasteiger partial charge in [-0.05, 0) is 37.1 Å². The second-order valence-corrected chi connectivity index (χ2v) is 7.18. The fraction of sp³-hybridized carbons (Fsp3) is 0.412. The molecule has 24 heavy (non-hydrogen) atoms. The summed E-state index contributed by atoms with van der Waals surface area (Å²) in [6.07, 6.45) is 1.33. The van der Waals surface area contributed by atoms with Gasteiger partial charge in [0.1, 0.15) is 10.4 Å². The molecule has 1 aromatic rings. The molecule has 0 heterocycles. The Kier molecular flexibility index (Phi) is 6.32. The van der Waals surface area contributed by atoms with Crippen molar-refractivity contribution in [1.29, 1.82) is 0 Å². The van der Waals surface area contributed by atoms with Gasteiger partial charge in [-0.1, -0.05) is 46.9 Å². The minimum absolute atomic E-state index is 0.0672. The Bertz CT molecular complexity index is 652. The highest BCUT2D eigenvalue weighted by Gasteiger charge is 2.48. The van der Waals surface area contributed by atoms with Gasteiger partial charge in [0.25, 0.3) is 0 Å². The molecule has 0 radical (unpaired) electrons. The van der Waals surface area contributed by atoms with Gasteiger partial charge < -0.3 is 9.84 Å². The lowest BCUT2D eigenvalue weighted by Crippen LogP contribution is -2.45. The third-order valence-electron chi connectivity index (χ3n) is 4.08. The molecule has 1 saturated carbocycles. The fourth-order valence-corrected chi connectivity index (χ4v) is 3.50. The number of hydrogen-bond donors (Lipinski definition) is 1. The fourth-order valence-electron chi connectivity index (χ4n) is 3.05. The van der Waals surface area contributed by atoms with Crippen LogP contribution in [-0.4, -0.2) is 23.5 Å². The lowest BCUT2D eigenvalue weighted by Gasteiger charge is -2.38. The normalized spacial score (nSPS) is 26.8. The van der Waals surface area contributed by atoms with Gasteiger partial charge in [-0.15, -0.1) is 0 Å². The zero-order valence-electron chi connectivity index (χ0n) is 13.0. The largest absolute Gasteiger partial charge is 0.465 e. The molecule has 3 atom stereocenters. The van der Waals surface area contributed by atoms with Crippen molar-refractivity contribution >= 4 is 46.6 Å². The number of rotatable bonds is 4. The second-order valence-electron chi connectivity index (χ2n) is 5.74. The Hall–Kier alpha value is -1.07. The van der Waals surface area contributed by atoms with E-state index in [0.29, 0.717) is 10.6 Å². The van der Waals surface area contributed by atoms with Gasteiger partial charge in [0.15, 0.2) is 5.78 Å². The number of carbonyl (C=O) groups excluding carboxylic acids is 2. The molecule has 0 spiro atoms. The van der Waals surface area contributed by atoms with Crippen molar-refractivity contribution in [1.82, 2.24) is 0 Å². The number of benzene rings is 1. The minimum atomic E-state index is -1.42. The van der Waals surface area contributed by atoms with Gasteiger partial charge in [-0.3, -0.25) is 9.59 Å². The zero-order valence-corrected chi connectivity index (χ0v) is 15.2. The third kappa shape index (κ3) is 4.31. The van der Waals surface area contributed by atoms with Crippen LogP contribution in [-0.2, 0) is 19.9 Å². The van der Waals surface area contributed by atoms with Crippen molar-refractivity contribution in [3.63, 3.8) is 0 Å². The summed E-state index contributed by atoms with van der Waals surface area (Å²) in [5, 5.41) is 11.5. The summed E-state index contributed by atoms with van der Waals surface area (Å²) in [6, 6.07) is 6.58. The SMILES string of the molecule is CCOC(=O)[C@@H]1C(=O)C[C@@](O)(c2ccc(Cl)cc2)C[C@@H]1C=C(Cl)Cl. The molecule has 2 rings (SSSR count). The van der Waals surface area contributed by atoms with Crippen molar-refractivity contribution in [2.45, 2.75) is 25.4 Å². The standard InChI is InChI=1S/C17H17Cl3O4/c1-2-24-16(22)15-10(7-14(19)20)8-17(23,9-13(15)21)11-3-5-12(18)6-4-11/h3-7,10,15,23H,2,8-9H2,1H3/t10-,15-,17+/m0/s1. The van der Waals surface area contributed by atoms with Crippen molar-refractivity contribution < 1.29 is 19.4 Å². The van der Waals surface area contributed by atoms with E-state index in [1.807, 2.05) is 0 Å². The van der Waals surface area contributed by atoms with Gasteiger partial charge in [-0.25, -0.2) is 0 Å². The summed E-state index contributed by atoms with van der Waals surface area (Å²) < 4.78 is 4.91. The van der Waals surface area contributed by atoms with Gasteiger partial charge in [0.05, 0.1) is 12.2 Å². The highest BCUT2D eigenvalue weighted by atomic mass is 35.5. The van der Waals surface area contributed by atoms with Crippen LogP contribution in [0, 0.1) is 11.8 Å². The average molecular weight is 392 g/mol. The van der Waals surface area contributed by atoms with E-state index in [-0.39, 0.29) is 23.9 Å². The van der Waals surface area contributed by atoms with E-state index < -0.39 is 29.2 Å². The van der Waals surface area contributed by atoms with Crippen LogP contribution >= 0.6 is 34.8 Å². The first-order valence-corrected chi connectivity index (χ1v) is 8.61. The lowest BCUT2D eigenvalue weighted by molar-refractivity contribution is -0.159. The maximum absolute atomic E-state index is 12.6. The second kappa shape index (κ2) is 7.87. The third-order valence-corrected chi connectivity index (χ3v) is 4.58. The van der Waals surface area contributed by atoms with Crippen LogP contribution in [0.2, 0.25) is 5.02 Å². The Morgan fingerprint density at radius 2 is 2.00 bits per heavy atom. The van der Waals surface area contributed by atoms with E-state index in [0.717, 1.165) is 0 Å². The minimum Gasteiger partial charge on any atom is -0.465 e. The van der Waals surface area contributed by atoms with Crippen LogP contribution < -0.4 is 0 Å². The van der Waals surface area contributed by atoms with E-state index in [9.17, 15) is 14.7 Å². The first-order valence-electron chi connectivity index (χ1n) is 7.47. The number of halogens is 3. The molecule has 0 saturated heterocycles. The molecule has 0 aliphatic heterocycles. The molecule has 1 N–H and O–H groups in total. The summed E-state index contributed by atoms with van der Waals surface area (Å²) in [6.45, 7) is 1.82. The summed E-state index contributed by atoms with van der Waals surface area (Å²) in [4.78, 5) is 24.7. The lowest BCUT2D eigenvalue weighted by atomic mass is 9.68. The van der Waals surface area contributed by atoms with E-state index in [4.69, 9.17) is 39.5 Å². The first kappa shape index (κ1) is 19.3. The highest BCUT2D eigenvalue weighted by molar-refractivity contribution is 6.55. The number of ether oxygens (including phenoxy) is 1. The molecule has 1 aliphatic rings. The monoisotopic (exact) mass is 390 g/mol. The molecule has 4 nitrogen and oxygen atoms in total. The molecule has 0 bridgehead atoms. The maximum atomic E-state index is 12.6. The van der Waals surface area contributed by atoms with E-state index in [2.05, 4.69) is 0 Å². The molecular weight excluding hydrogens is 375 g/mol. The number of Topliss-reactive ketones (excluding diaryl/α,β-unsaturated/α-hetero) is 1. The topological polar surface area (TPSA) is 63.6 Å². The number of allylic oxidation sites excluding steroid dienone is 1. The molecular formula is C17H17Cl3O4. The molecule has 130 valence electrons. The Balaban J connectivity index is 2.37. The predicted molar refractivity (Wildman–Crippen MR) is 93.0 cm³/mol. The number of hydrogen-bond acceptors (Lipinski definition) is 4. The molecule has 0 aromatic heterocycles. The van der Waals surface area contributed by atoms with Crippen molar-refractivity contribution in [3.8, 4) is 0 Å². The van der Waals surface area contributed by atoms with Crippen LogP contribution in [0.3, 0.4) is 0 Å². The number of aliphatic hydroxyl groups is 1. The highest BCUT2D eigenvalue weighted by Crippen LogP contribution is 2.43. The molecule has 1 aromatic carbocycles. The van der Waals surface area contributed by atoms with Crippen molar-refractivity contribution in [2.75, 3.05) is 6.61 Å². The number of esters is 1. The zero-order chi connectivity index (χ0) is 17.9. The van der Waals surface area contributed by atoms with Crippen LogP contribution in [0.15, 0.2) is 34.8 Å². The smallest absolute Gasteiger partial charge is 0.317 e. The van der Waals surface area contributed by atoms with Crippen molar-refractivity contribution in [3.05, 3.63) is 45.4 Å². The average Bonchev–Trinajstić information content (AvgIpc) is 2.46. The number of ketones is 1. The summed E-state index contributed by atoms with van der Waals surface area (Å²) >= 11 is 17.3. The summed E-state index contributed by atoms with van der Waals surface area (Å²) in [5.74, 6) is -2.72. The molecule has 1 aliphatic carbocycles.